The molecule has 4 nitrogen and oxygen atoms in total. The minimum Gasteiger partial charge on any atom is -0.497 e. The Balaban J connectivity index is 0.00000192. The van der Waals surface area contributed by atoms with Crippen LogP contribution < -0.4 is 10.1 Å². The van der Waals surface area contributed by atoms with Gasteiger partial charge in [0.2, 0.25) is 0 Å². The summed E-state index contributed by atoms with van der Waals surface area (Å²) in [7, 11) is 1.61. The third kappa shape index (κ3) is 3.48. The van der Waals surface area contributed by atoms with Crippen LogP contribution in [-0.2, 0) is 0 Å². The summed E-state index contributed by atoms with van der Waals surface area (Å²) in [5, 5.41) is 14.0. The number of anilines is 2. The van der Waals surface area contributed by atoms with Crippen molar-refractivity contribution in [3.8, 4) is 11.8 Å². The standard InChI is InChI=1S/C17H12ClN3O.ClH/c1-22-14-4-2-3-13(8-14)21-17-11(9-19)10-20-16-6-5-12(18)7-15(16)17;/h2-8,10H,1H3,(H,20,21);1H. The lowest BCUT2D eigenvalue weighted by molar-refractivity contribution is 0.415. The molecule has 0 bridgehead atoms. The predicted molar refractivity (Wildman–Crippen MR) is 95.0 cm³/mol. The second kappa shape index (κ2) is 7.19. The topological polar surface area (TPSA) is 57.9 Å². The van der Waals surface area contributed by atoms with Crippen LogP contribution in [0, 0.1) is 11.3 Å². The number of rotatable bonds is 3. The Morgan fingerprint density at radius 2 is 2.04 bits per heavy atom. The molecule has 0 amide bonds. The molecular weight excluding hydrogens is 333 g/mol. The van der Waals surface area contributed by atoms with Crippen molar-refractivity contribution >= 4 is 46.3 Å². The van der Waals surface area contributed by atoms with Gasteiger partial charge in [-0.3, -0.25) is 4.98 Å². The highest BCUT2D eigenvalue weighted by molar-refractivity contribution is 6.31. The fourth-order valence-electron chi connectivity index (χ4n) is 2.23. The van der Waals surface area contributed by atoms with Crippen LogP contribution in [0.4, 0.5) is 11.4 Å². The van der Waals surface area contributed by atoms with Crippen molar-refractivity contribution in [2.45, 2.75) is 0 Å². The Bertz CT molecular complexity index is 891. The molecule has 0 fully saturated rings. The summed E-state index contributed by atoms with van der Waals surface area (Å²) in [5.74, 6) is 0.736. The number of hydrogen-bond donors (Lipinski definition) is 1. The predicted octanol–water partition coefficient (Wildman–Crippen LogP) is 4.93. The molecule has 2 aromatic carbocycles. The summed E-state index contributed by atoms with van der Waals surface area (Å²) in [5.41, 5.74) is 2.73. The van der Waals surface area contributed by atoms with Crippen molar-refractivity contribution in [1.29, 1.82) is 5.26 Å². The second-order valence-electron chi connectivity index (χ2n) is 4.68. The van der Waals surface area contributed by atoms with Gasteiger partial charge in [0.05, 0.1) is 23.9 Å². The maximum Gasteiger partial charge on any atom is 0.120 e. The van der Waals surface area contributed by atoms with Gasteiger partial charge in [-0.2, -0.15) is 5.26 Å². The molecule has 116 valence electrons. The van der Waals surface area contributed by atoms with E-state index in [-0.39, 0.29) is 12.4 Å². The highest BCUT2D eigenvalue weighted by atomic mass is 35.5. The van der Waals surface area contributed by atoms with Crippen LogP contribution in [0.25, 0.3) is 10.9 Å². The van der Waals surface area contributed by atoms with E-state index in [4.69, 9.17) is 16.3 Å². The summed E-state index contributed by atoms with van der Waals surface area (Å²) in [6.45, 7) is 0. The number of nitrogens with one attached hydrogen (secondary N) is 1. The van der Waals surface area contributed by atoms with Crippen molar-refractivity contribution in [3.05, 3.63) is 59.2 Å². The van der Waals surface area contributed by atoms with E-state index in [0.29, 0.717) is 16.3 Å². The van der Waals surface area contributed by atoms with Gasteiger partial charge in [0.1, 0.15) is 11.8 Å². The van der Waals surface area contributed by atoms with Crippen molar-refractivity contribution < 1.29 is 4.74 Å². The van der Waals surface area contributed by atoms with Gasteiger partial charge in [0.25, 0.3) is 0 Å². The molecule has 3 aromatic rings. The fourth-order valence-corrected chi connectivity index (χ4v) is 2.40. The Labute approximate surface area is 145 Å². The number of aromatic nitrogens is 1. The van der Waals surface area contributed by atoms with Crippen molar-refractivity contribution in [2.24, 2.45) is 0 Å². The van der Waals surface area contributed by atoms with E-state index in [9.17, 15) is 5.26 Å². The van der Waals surface area contributed by atoms with Gasteiger partial charge in [-0.1, -0.05) is 17.7 Å². The van der Waals surface area contributed by atoms with Gasteiger partial charge in [0.15, 0.2) is 0 Å². The summed E-state index contributed by atoms with van der Waals surface area (Å²) in [6.07, 6.45) is 1.55. The van der Waals surface area contributed by atoms with E-state index in [1.807, 2.05) is 30.3 Å². The first-order valence-electron chi connectivity index (χ1n) is 6.60. The van der Waals surface area contributed by atoms with Crippen LogP contribution in [0.5, 0.6) is 5.75 Å². The number of ether oxygens (including phenoxy) is 1. The molecule has 0 atom stereocenters. The molecule has 0 radical (unpaired) electrons. The molecular formula is C17H13Cl2N3O. The van der Waals surface area contributed by atoms with Crippen molar-refractivity contribution in [1.82, 2.24) is 4.98 Å². The Hall–Kier alpha value is -2.48. The first-order chi connectivity index (χ1) is 10.7. The molecule has 1 N–H and O–H groups in total. The third-order valence-corrected chi connectivity index (χ3v) is 3.52. The van der Waals surface area contributed by atoms with Gasteiger partial charge in [-0.15, -0.1) is 12.4 Å². The SMILES string of the molecule is COc1cccc(Nc2c(C#N)cnc3ccc(Cl)cc23)c1.Cl. The number of nitrogens with zero attached hydrogens (tertiary/aromatic N) is 2. The van der Waals surface area contributed by atoms with Gasteiger partial charge in [-0.05, 0) is 30.3 Å². The fraction of sp³-hybridized carbons (Fsp3) is 0.0588. The van der Waals surface area contributed by atoms with Gasteiger partial charge < -0.3 is 10.1 Å². The zero-order valence-electron chi connectivity index (χ0n) is 12.2. The maximum absolute atomic E-state index is 9.34. The third-order valence-electron chi connectivity index (χ3n) is 3.29. The summed E-state index contributed by atoms with van der Waals surface area (Å²) in [6, 6.07) is 15.1. The van der Waals surface area contributed by atoms with E-state index >= 15 is 0 Å². The first-order valence-corrected chi connectivity index (χ1v) is 6.98. The smallest absolute Gasteiger partial charge is 0.120 e. The van der Waals surface area contributed by atoms with Crippen molar-refractivity contribution in [2.75, 3.05) is 12.4 Å². The Kier molecular flexibility index (Phi) is 5.28. The molecule has 1 aromatic heterocycles. The first kappa shape index (κ1) is 16.9. The zero-order chi connectivity index (χ0) is 15.5. The zero-order valence-corrected chi connectivity index (χ0v) is 13.8. The highest BCUT2D eigenvalue weighted by Crippen LogP contribution is 2.31. The van der Waals surface area contributed by atoms with Crippen LogP contribution in [0.1, 0.15) is 5.56 Å². The van der Waals surface area contributed by atoms with Gasteiger partial charge in [0, 0.05) is 28.4 Å². The van der Waals surface area contributed by atoms with Crippen LogP contribution >= 0.6 is 24.0 Å². The number of methoxy groups -OCH3 is 1. The lowest BCUT2D eigenvalue weighted by atomic mass is 10.1. The molecule has 0 aliphatic carbocycles. The number of halogens is 2. The molecule has 0 saturated carbocycles. The minimum atomic E-state index is 0. The molecule has 23 heavy (non-hydrogen) atoms. The molecule has 0 spiro atoms. The van der Waals surface area contributed by atoms with Crippen molar-refractivity contribution in [3.63, 3.8) is 0 Å². The Morgan fingerprint density at radius 1 is 1.22 bits per heavy atom. The summed E-state index contributed by atoms with van der Waals surface area (Å²) >= 11 is 6.08. The van der Waals surface area contributed by atoms with E-state index in [1.165, 1.54) is 0 Å². The molecule has 0 aliphatic heterocycles. The maximum atomic E-state index is 9.34. The number of benzene rings is 2. The molecule has 0 saturated heterocycles. The van der Waals surface area contributed by atoms with Crippen LogP contribution in [0.15, 0.2) is 48.7 Å². The lowest BCUT2D eigenvalue weighted by Crippen LogP contribution is -1.97. The summed E-state index contributed by atoms with van der Waals surface area (Å²) < 4.78 is 5.22. The number of fused-ring (bicyclic) bond motifs is 1. The van der Waals surface area contributed by atoms with E-state index in [1.54, 1.807) is 25.4 Å². The van der Waals surface area contributed by atoms with E-state index in [0.717, 1.165) is 22.3 Å². The summed E-state index contributed by atoms with van der Waals surface area (Å²) in [4.78, 5) is 4.28. The molecule has 1 heterocycles. The van der Waals surface area contributed by atoms with E-state index < -0.39 is 0 Å². The van der Waals surface area contributed by atoms with Crippen LogP contribution in [-0.4, -0.2) is 12.1 Å². The van der Waals surface area contributed by atoms with E-state index in [2.05, 4.69) is 16.4 Å². The number of pyridine rings is 1. The lowest BCUT2D eigenvalue weighted by Gasteiger charge is -2.12. The Morgan fingerprint density at radius 3 is 2.78 bits per heavy atom. The molecule has 3 rings (SSSR count). The molecule has 6 heteroatoms. The van der Waals surface area contributed by atoms with Gasteiger partial charge >= 0.3 is 0 Å². The number of nitriles is 1. The van der Waals surface area contributed by atoms with Crippen LogP contribution in [0.2, 0.25) is 5.02 Å². The largest absolute Gasteiger partial charge is 0.497 e. The highest BCUT2D eigenvalue weighted by Gasteiger charge is 2.10. The monoisotopic (exact) mass is 345 g/mol. The normalized spacial score (nSPS) is 9.78. The van der Waals surface area contributed by atoms with Gasteiger partial charge in [-0.25, -0.2) is 0 Å². The average molecular weight is 346 g/mol. The minimum absolute atomic E-state index is 0. The average Bonchev–Trinajstić information content (AvgIpc) is 2.55. The molecule has 0 aliphatic rings. The van der Waals surface area contributed by atoms with Crippen LogP contribution in [0.3, 0.4) is 0 Å². The number of hydrogen-bond acceptors (Lipinski definition) is 4. The quantitative estimate of drug-likeness (QED) is 0.730. The molecule has 0 unspecified atom stereocenters. The second-order valence-corrected chi connectivity index (χ2v) is 5.11.